The number of hydrogen-bond donors (Lipinski definition) is 2. The number of oxime groups is 2. The van der Waals surface area contributed by atoms with E-state index in [0.29, 0.717) is 22.7 Å². The third-order valence-corrected chi connectivity index (χ3v) is 5.51. The molecule has 0 aliphatic heterocycles. The van der Waals surface area contributed by atoms with E-state index in [0.717, 1.165) is 65.5 Å². The molecular formula is C25H26N2O6. The van der Waals surface area contributed by atoms with E-state index in [2.05, 4.69) is 10.3 Å². The summed E-state index contributed by atoms with van der Waals surface area (Å²) in [6.07, 6.45) is 7.35. The number of nitrogens with zero attached hydrogens (tertiary/aromatic N) is 2. The number of rotatable bonds is 10. The smallest absolute Gasteiger partial charge is 0.176 e. The molecule has 2 aromatic heterocycles. The van der Waals surface area contributed by atoms with Gasteiger partial charge in [-0.2, -0.15) is 0 Å². The van der Waals surface area contributed by atoms with Crippen molar-refractivity contribution in [2.24, 2.45) is 10.3 Å². The van der Waals surface area contributed by atoms with Gasteiger partial charge < -0.3 is 28.7 Å². The highest BCUT2D eigenvalue weighted by atomic mass is 16.5. The van der Waals surface area contributed by atoms with Gasteiger partial charge in [0.2, 0.25) is 0 Å². The monoisotopic (exact) mass is 450 g/mol. The summed E-state index contributed by atoms with van der Waals surface area (Å²) in [5.41, 5.74) is 2.88. The van der Waals surface area contributed by atoms with Crippen LogP contribution in [0.15, 0.2) is 55.5 Å². The Morgan fingerprint density at radius 1 is 0.697 bits per heavy atom. The topological polar surface area (TPSA) is 110 Å². The van der Waals surface area contributed by atoms with Crippen molar-refractivity contribution >= 4 is 34.4 Å². The second-order valence-electron chi connectivity index (χ2n) is 7.76. The van der Waals surface area contributed by atoms with Gasteiger partial charge in [0.1, 0.15) is 11.5 Å². The molecule has 0 bridgehead atoms. The first-order valence-electron chi connectivity index (χ1n) is 10.7. The maximum absolute atomic E-state index is 8.79. The highest BCUT2D eigenvalue weighted by molar-refractivity contribution is 5.93. The fourth-order valence-corrected chi connectivity index (χ4v) is 4.00. The molecule has 8 nitrogen and oxygen atoms in total. The fourth-order valence-electron chi connectivity index (χ4n) is 4.00. The predicted molar refractivity (Wildman–Crippen MR) is 126 cm³/mol. The predicted octanol–water partition coefficient (Wildman–Crippen LogP) is 5.77. The number of aryl methyl sites for hydroxylation is 2. The molecule has 0 radical (unpaired) electrons. The van der Waals surface area contributed by atoms with E-state index in [1.807, 2.05) is 24.3 Å². The molecule has 0 amide bonds. The van der Waals surface area contributed by atoms with Crippen molar-refractivity contribution in [1.29, 1.82) is 0 Å². The van der Waals surface area contributed by atoms with E-state index in [4.69, 9.17) is 28.7 Å². The SMILES string of the molecule is COc1cc(/C=N/O)cc2cc(CCCCCc3cc4cc(/C=N/O)cc(OC)c4o3)oc12. The van der Waals surface area contributed by atoms with E-state index in [9.17, 15) is 0 Å². The normalized spacial score (nSPS) is 11.9. The lowest BCUT2D eigenvalue weighted by atomic mass is 10.1. The molecule has 2 N–H and O–H groups in total. The van der Waals surface area contributed by atoms with Crippen molar-refractivity contribution in [3.63, 3.8) is 0 Å². The Morgan fingerprint density at radius 3 is 1.55 bits per heavy atom. The number of hydrogen-bond acceptors (Lipinski definition) is 8. The van der Waals surface area contributed by atoms with Crippen molar-refractivity contribution in [3.8, 4) is 11.5 Å². The Balaban J connectivity index is 1.36. The zero-order valence-corrected chi connectivity index (χ0v) is 18.6. The Morgan fingerprint density at radius 2 is 1.15 bits per heavy atom. The second kappa shape index (κ2) is 10.1. The summed E-state index contributed by atoms with van der Waals surface area (Å²) in [5.74, 6) is 3.02. The summed E-state index contributed by atoms with van der Waals surface area (Å²) in [7, 11) is 3.18. The molecule has 0 fully saturated rings. The third kappa shape index (κ3) is 4.95. The van der Waals surface area contributed by atoms with Crippen LogP contribution in [0.1, 0.15) is 41.9 Å². The van der Waals surface area contributed by atoms with E-state index in [-0.39, 0.29) is 0 Å². The van der Waals surface area contributed by atoms with Gasteiger partial charge in [-0.1, -0.05) is 16.7 Å². The summed E-state index contributed by atoms with van der Waals surface area (Å²) in [6, 6.07) is 11.4. The van der Waals surface area contributed by atoms with Crippen molar-refractivity contribution in [1.82, 2.24) is 0 Å². The quantitative estimate of drug-likeness (QED) is 0.137. The van der Waals surface area contributed by atoms with Crippen LogP contribution in [-0.4, -0.2) is 37.1 Å². The Hall–Kier alpha value is -3.94. The minimum Gasteiger partial charge on any atom is -0.493 e. The molecule has 172 valence electrons. The minimum atomic E-state index is 0.613. The van der Waals surface area contributed by atoms with Crippen LogP contribution in [0.3, 0.4) is 0 Å². The molecule has 2 heterocycles. The van der Waals surface area contributed by atoms with Crippen LogP contribution in [0, 0.1) is 0 Å². The highest BCUT2D eigenvalue weighted by Crippen LogP contribution is 2.32. The zero-order chi connectivity index (χ0) is 23.2. The maximum Gasteiger partial charge on any atom is 0.176 e. The first kappa shape index (κ1) is 22.3. The molecule has 2 aromatic carbocycles. The summed E-state index contributed by atoms with van der Waals surface area (Å²) in [4.78, 5) is 0. The lowest BCUT2D eigenvalue weighted by molar-refractivity contribution is 0.321. The molecule has 8 heteroatoms. The van der Waals surface area contributed by atoms with Gasteiger partial charge in [0.15, 0.2) is 22.7 Å². The van der Waals surface area contributed by atoms with Crippen molar-refractivity contribution in [2.75, 3.05) is 14.2 Å². The Bertz CT molecular complexity index is 1200. The first-order valence-corrected chi connectivity index (χ1v) is 10.7. The largest absolute Gasteiger partial charge is 0.493 e. The van der Waals surface area contributed by atoms with Gasteiger partial charge in [-0.15, -0.1) is 0 Å². The van der Waals surface area contributed by atoms with Gasteiger partial charge in [0.25, 0.3) is 0 Å². The van der Waals surface area contributed by atoms with Crippen LogP contribution in [0.25, 0.3) is 21.9 Å². The lowest BCUT2D eigenvalue weighted by Gasteiger charge is -2.02. The second-order valence-corrected chi connectivity index (χ2v) is 7.76. The van der Waals surface area contributed by atoms with Crippen molar-refractivity contribution in [3.05, 3.63) is 59.0 Å². The van der Waals surface area contributed by atoms with Gasteiger partial charge in [0.05, 0.1) is 26.6 Å². The van der Waals surface area contributed by atoms with Crippen LogP contribution in [0.4, 0.5) is 0 Å². The van der Waals surface area contributed by atoms with Gasteiger partial charge in [-0.3, -0.25) is 0 Å². The summed E-state index contributed by atoms with van der Waals surface area (Å²) in [6.45, 7) is 0. The number of benzene rings is 2. The van der Waals surface area contributed by atoms with Crippen molar-refractivity contribution < 1.29 is 28.7 Å². The lowest BCUT2D eigenvalue weighted by Crippen LogP contribution is -1.87. The standard InChI is InChI=1S/C25H26N2O6/c1-30-22-10-16(14-26-28)8-18-12-20(32-24(18)22)6-4-3-5-7-21-13-19-9-17(15-27-29)11-23(31-2)25(19)33-21/h8-15,28-29H,3-7H2,1-2H3/b26-14+,27-15+. The average molecular weight is 450 g/mol. The van der Waals surface area contributed by atoms with Crippen molar-refractivity contribution in [2.45, 2.75) is 32.1 Å². The van der Waals surface area contributed by atoms with E-state index in [1.165, 1.54) is 12.4 Å². The highest BCUT2D eigenvalue weighted by Gasteiger charge is 2.12. The molecule has 0 aliphatic rings. The molecule has 0 aliphatic carbocycles. The van der Waals surface area contributed by atoms with E-state index in [1.54, 1.807) is 26.4 Å². The Kier molecular flexibility index (Phi) is 6.83. The van der Waals surface area contributed by atoms with Crippen LogP contribution < -0.4 is 9.47 Å². The van der Waals surface area contributed by atoms with Gasteiger partial charge >= 0.3 is 0 Å². The molecule has 33 heavy (non-hydrogen) atoms. The molecule has 0 unspecified atom stereocenters. The van der Waals surface area contributed by atoms with Gasteiger partial charge in [-0.05, 0) is 49.2 Å². The minimum absolute atomic E-state index is 0.613. The molecule has 0 atom stereocenters. The summed E-state index contributed by atoms with van der Waals surface area (Å²) >= 11 is 0. The molecule has 0 saturated heterocycles. The zero-order valence-electron chi connectivity index (χ0n) is 18.6. The van der Waals surface area contributed by atoms with E-state index < -0.39 is 0 Å². The maximum atomic E-state index is 8.79. The van der Waals surface area contributed by atoms with Crippen LogP contribution in [0.2, 0.25) is 0 Å². The Labute approximate surface area is 190 Å². The molecular weight excluding hydrogens is 424 g/mol. The molecule has 4 rings (SSSR count). The molecule has 0 spiro atoms. The number of furan rings is 2. The van der Waals surface area contributed by atoms with Gasteiger partial charge in [0, 0.05) is 34.7 Å². The average Bonchev–Trinajstić information content (AvgIpc) is 3.41. The fraction of sp³-hybridized carbons (Fsp3) is 0.280. The number of ether oxygens (including phenoxy) is 2. The number of unbranched alkanes of at least 4 members (excludes halogenated alkanes) is 2. The van der Waals surface area contributed by atoms with Gasteiger partial charge in [-0.25, -0.2) is 0 Å². The van der Waals surface area contributed by atoms with Crippen LogP contribution >= 0.6 is 0 Å². The van der Waals surface area contributed by atoms with Crippen LogP contribution in [-0.2, 0) is 12.8 Å². The molecule has 0 saturated carbocycles. The third-order valence-electron chi connectivity index (χ3n) is 5.51. The number of fused-ring (bicyclic) bond motifs is 2. The number of methoxy groups -OCH3 is 2. The first-order chi connectivity index (χ1) is 16.1. The molecule has 4 aromatic rings. The summed E-state index contributed by atoms with van der Waals surface area (Å²) < 4.78 is 22.8. The summed E-state index contributed by atoms with van der Waals surface area (Å²) in [5, 5.41) is 25.6. The van der Waals surface area contributed by atoms with Crippen LogP contribution in [0.5, 0.6) is 11.5 Å². The van der Waals surface area contributed by atoms with E-state index >= 15 is 0 Å².